The van der Waals surface area contributed by atoms with Crippen LogP contribution in [0.15, 0.2) is 36.1 Å². The maximum atomic E-state index is 5.95. The smallest absolute Gasteiger partial charge is 0.118 e. The van der Waals surface area contributed by atoms with E-state index in [0.717, 1.165) is 35.0 Å². The van der Waals surface area contributed by atoms with Gasteiger partial charge >= 0.3 is 0 Å². The fraction of sp³-hybridized carbons (Fsp3) is 0.333. The van der Waals surface area contributed by atoms with Gasteiger partial charge in [-0.15, -0.1) is 16.4 Å². The van der Waals surface area contributed by atoms with Crippen molar-refractivity contribution in [2.75, 3.05) is 6.54 Å². The highest BCUT2D eigenvalue weighted by molar-refractivity contribution is 7.09. The van der Waals surface area contributed by atoms with E-state index in [1.807, 2.05) is 28.4 Å². The number of nitrogens with zero attached hydrogens (tertiary/aromatic N) is 5. The van der Waals surface area contributed by atoms with Crippen LogP contribution in [0.4, 0.5) is 0 Å². The molecule has 0 spiro atoms. The van der Waals surface area contributed by atoms with Crippen LogP contribution in [-0.4, -0.2) is 37.6 Å². The van der Waals surface area contributed by atoms with Gasteiger partial charge in [0.15, 0.2) is 0 Å². The number of fused-ring (bicyclic) bond motifs is 1. The minimum atomic E-state index is 0.0921. The second-order valence-corrected chi connectivity index (χ2v) is 6.27. The lowest BCUT2D eigenvalue weighted by Crippen LogP contribution is -2.36. The summed E-state index contributed by atoms with van der Waals surface area (Å²) in [5, 5.41) is 15.0. The summed E-state index contributed by atoms with van der Waals surface area (Å²) in [6.07, 6.45) is 5.43. The second kappa shape index (κ2) is 6.53. The molecule has 3 aromatic rings. The van der Waals surface area contributed by atoms with E-state index in [-0.39, 0.29) is 6.10 Å². The molecule has 1 N–H and O–H groups in total. The Hall–Kier alpha value is -2.16. The Balaban J connectivity index is 1.39. The molecule has 0 amide bonds. The first kappa shape index (κ1) is 14.4. The van der Waals surface area contributed by atoms with E-state index in [0.29, 0.717) is 13.2 Å². The summed E-state index contributed by atoms with van der Waals surface area (Å²) in [6.45, 7) is 2.76. The highest BCUT2D eigenvalue weighted by atomic mass is 32.1. The van der Waals surface area contributed by atoms with Crippen molar-refractivity contribution in [2.45, 2.75) is 25.8 Å². The Morgan fingerprint density at radius 1 is 1.30 bits per heavy atom. The number of aromatic nitrogens is 5. The Bertz CT molecular complexity index is 758. The number of rotatable bonds is 5. The molecule has 0 bridgehead atoms. The predicted octanol–water partition coefficient (Wildman–Crippen LogP) is 1.49. The number of nitrogens with one attached hydrogen (secondary N) is 1. The monoisotopic (exact) mass is 328 g/mol. The average Bonchev–Trinajstić information content (AvgIpc) is 3.25. The molecule has 1 aliphatic heterocycles. The molecule has 0 aromatic carbocycles. The van der Waals surface area contributed by atoms with E-state index < -0.39 is 0 Å². The molecule has 0 fully saturated rings. The highest BCUT2D eigenvalue weighted by Crippen LogP contribution is 2.24. The van der Waals surface area contributed by atoms with Crippen molar-refractivity contribution in [1.82, 2.24) is 30.3 Å². The van der Waals surface area contributed by atoms with E-state index in [4.69, 9.17) is 4.74 Å². The molecule has 1 aliphatic rings. The van der Waals surface area contributed by atoms with E-state index in [1.54, 1.807) is 23.7 Å². The third-order valence-corrected chi connectivity index (χ3v) is 4.54. The van der Waals surface area contributed by atoms with Crippen LogP contribution in [0.1, 0.15) is 10.7 Å². The van der Waals surface area contributed by atoms with Gasteiger partial charge in [0.2, 0.25) is 0 Å². The van der Waals surface area contributed by atoms with Gasteiger partial charge in [-0.2, -0.15) is 0 Å². The van der Waals surface area contributed by atoms with Gasteiger partial charge in [0.1, 0.15) is 10.7 Å². The molecular formula is C15H16N6OS. The van der Waals surface area contributed by atoms with Crippen LogP contribution in [0.25, 0.3) is 11.3 Å². The first-order chi connectivity index (χ1) is 11.4. The Morgan fingerprint density at radius 2 is 2.22 bits per heavy atom. The molecule has 23 heavy (non-hydrogen) atoms. The lowest BCUT2D eigenvalue weighted by atomic mass is 10.1. The zero-order chi connectivity index (χ0) is 15.5. The third-order valence-electron chi connectivity index (χ3n) is 3.76. The number of pyridine rings is 1. The summed E-state index contributed by atoms with van der Waals surface area (Å²) in [4.78, 5) is 8.29. The van der Waals surface area contributed by atoms with Crippen LogP contribution in [0.3, 0.4) is 0 Å². The number of ether oxygens (including phenoxy) is 1. The van der Waals surface area contributed by atoms with Crippen molar-refractivity contribution in [3.63, 3.8) is 0 Å². The van der Waals surface area contributed by atoms with E-state index in [1.165, 1.54) is 0 Å². The van der Waals surface area contributed by atoms with Gasteiger partial charge in [-0.3, -0.25) is 4.98 Å². The normalized spacial score (nSPS) is 17.1. The molecule has 4 rings (SSSR count). The third kappa shape index (κ3) is 3.14. The summed E-state index contributed by atoms with van der Waals surface area (Å²) < 4.78 is 7.89. The highest BCUT2D eigenvalue weighted by Gasteiger charge is 2.24. The van der Waals surface area contributed by atoms with Crippen molar-refractivity contribution in [3.8, 4) is 11.3 Å². The summed E-state index contributed by atoms with van der Waals surface area (Å²) in [5.41, 5.74) is 2.92. The first-order valence-electron chi connectivity index (χ1n) is 7.43. The Kier molecular flexibility index (Phi) is 4.10. The van der Waals surface area contributed by atoms with Gasteiger partial charge in [-0.05, 0) is 12.1 Å². The van der Waals surface area contributed by atoms with Crippen LogP contribution in [0.2, 0.25) is 0 Å². The van der Waals surface area contributed by atoms with E-state index in [9.17, 15) is 0 Å². The number of hydrogen-bond donors (Lipinski definition) is 1. The maximum Gasteiger partial charge on any atom is 0.118 e. The van der Waals surface area contributed by atoms with Crippen LogP contribution in [0.5, 0.6) is 0 Å². The fourth-order valence-corrected chi connectivity index (χ4v) is 3.19. The van der Waals surface area contributed by atoms with Crippen molar-refractivity contribution >= 4 is 11.3 Å². The van der Waals surface area contributed by atoms with Crippen molar-refractivity contribution < 1.29 is 4.74 Å². The van der Waals surface area contributed by atoms with Crippen molar-refractivity contribution in [3.05, 3.63) is 46.8 Å². The summed E-state index contributed by atoms with van der Waals surface area (Å²) >= 11 is 1.65. The molecule has 7 nitrogen and oxygen atoms in total. The number of thiazole rings is 1. The minimum Gasteiger partial charge on any atom is -0.369 e. The van der Waals surface area contributed by atoms with Crippen LogP contribution in [0, 0.1) is 0 Å². The summed E-state index contributed by atoms with van der Waals surface area (Å²) in [7, 11) is 0. The topological polar surface area (TPSA) is 77.8 Å². The van der Waals surface area contributed by atoms with E-state index in [2.05, 4.69) is 25.6 Å². The molecular weight excluding hydrogens is 312 g/mol. The molecule has 0 saturated heterocycles. The van der Waals surface area contributed by atoms with Gasteiger partial charge in [-0.25, -0.2) is 9.67 Å². The summed E-state index contributed by atoms with van der Waals surface area (Å²) in [5.74, 6) is 0. The minimum absolute atomic E-state index is 0.0921. The zero-order valence-electron chi connectivity index (χ0n) is 12.4. The molecule has 3 aromatic heterocycles. The molecule has 0 saturated carbocycles. The molecule has 8 heteroatoms. The maximum absolute atomic E-state index is 5.95. The molecule has 4 heterocycles. The Labute approximate surface area is 137 Å². The lowest BCUT2D eigenvalue weighted by Gasteiger charge is -2.24. The predicted molar refractivity (Wildman–Crippen MR) is 85.7 cm³/mol. The SMILES string of the molecule is c1cc(-c2nnn3c2COC(CNCc2nccs2)C3)ccn1. The van der Waals surface area contributed by atoms with Gasteiger partial charge in [-0.1, -0.05) is 5.21 Å². The molecule has 1 unspecified atom stereocenters. The largest absolute Gasteiger partial charge is 0.369 e. The van der Waals surface area contributed by atoms with Crippen LogP contribution >= 0.6 is 11.3 Å². The second-order valence-electron chi connectivity index (χ2n) is 5.29. The van der Waals surface area contributed by atoms with Gasteiger partial charge in [0, 0.05) is 42.6 Å². The lowest BCUT2D eigenvalue weighted by molar-refractivity contribution is 0.00125. The molecule has 0 aliphatic carbocycles. The first-order valence-corrected chi connectivity index (χ1v) is 8.31. The van der Waals surface area contributed by atoms with Gasteiger partial charge in [0.05, 0.1) is 24.9 Å². The quantitative estimate of drug-likeness (QED) is 0.764. The fourth-order valence-electron chi connectivity index (χ4n) is 2.60. The van der Waals surface area contributed by atoms with Crippen molar-refractivity contribution in [2.24, 2.45) is 0 Å². The van der Waals surface area contributed by atoms with Crippen LogP contribution in [-0.2, 0) is 24.4 Å². The zero-order valence-corrected chi connectivity index (χ0v) is 13.2. The van der Waals surface area contributed by atoms with Crippen molar-refractivity contribution in [1.29, 1.82) is 0 Å². The van der Waals surface area contributed by atoms with Gasteiger partial charge in [0.25, 0.3) is 0 Å². The average molecular weight is 328 g/mol. The van der Waals surface area contributed by atoms with E-state index >= 15 is 0 Å². The molecule has 118 valence electrons. The summed E-state index contributed by atoms with van der Waals surface area (Å²) in [6, 6.07) is 3.87. The molecule has 1 atom stereocenters. The van der Waals surface area contributed by atoms with Crippen LogP contribution < -0.4 is 5.32 Å². The molecule has 0 radical (unpaired) electrons. The van der Waals surface area contributed by atoms with Gasteiger partial charge < -0.3 is 10.1 Å². The Morgan fingerprint density at radius 3 is 3.04 bits per heavy atom. The number of hydrogen-bond acceptors (Lipinski definition) is 7. The standard InChI is InChI=1S/C15H16N6OS/c1-3-16-4-2-11(1)15-13-10-22-12(9-21(13)20-19-15)7-17-8-14-18-5-6-23-14/h1-6,12,17H,7-10H2.